The number of carbonyl (C=O) groups is 2. The van der Waals surface area contributed by atoms with Crippen LogP contribution in [-0.4, -0.2) is 49.6 Å². The van der Waals surface area contributed by atoms with Gasteiger partial charge in [-0.3, -0.25) is 9.59 Å². The summed E-state index contributed by atoms with van der Waals surface area (Å²) in [7, 11) is 1.60. The topological polar surface area (TPSA) is 67.9 Å². The summed E-state index contributed by atoms with van der Waals surface area (Å²) in [5, 5.41) is 2.98. The largest absolute Gasteiger partial charge is 0.497 e. The second kappa shape index (κ2) is 9.91. The minimum absolute atomic E-state index is 0.00755. The number of carbonyl (C=O) groups excluding carboxylic acids is 2. The van der Waals surface area contributed by atoms with E-state index >= 15 is 0 Å². The number of piperidine rings is 1. The zero-order valence-electron chi connectivity index (χ0n) is 16.4. The number of likely N-dealkylation sites (tertiary alicyclic amines) is 1. The predicted octanol–water partition coefficient (Wildman–Crippen LogP) is 3.02. The van der Waals surface area contributed by atoms with Gasteiger partial charge in [-0.05, 0) is 49.2 Å². The van der Waals surface area contributed by atoms with Crippen LogP contribution in [-0.2, 0) is 4.79 Å². The van der Waals surface area contributed by atoms with E-state index in [4.69, 9.17) is 9.47 Å². The van der Waals surface area contributed by atoms with Crippen LogP contribution in [0.25, 0.3) is 0 Å². The summed E-state index contributed by atoms with van der Waals surface area (Å²) >= 11 is 0. The number of nitrogens with zero attached hydrogens (tertiary/aromatic N) is 1. The van der Waals surface area contributed by atoms with Crippen molar-refractivity contribution in [3.63, 3.8) is 0 Å². The molecule has 29 heavy (non-hydrogen) atoms. The van der Waals surface area contributed by atoms with Crippen LogP contribution >= 0.6 is 0 Å². The highest BCUT2D eigenvalue weighted by atomic mass is 19.1. The second-order valence-electron chi connectivity index (χ2n) is 6.89. The van der Waals surface area contributed by atoms with Gasteiger partial charge >= 0.3 is 0 Å². The molecule has 0 aromatic heterocycles. The van der Waals surface area contributed by atoms with Crippen molar-refractivity contribution in [3.05, 3.63) is 59.9 Å². The Morgan fingerprint density at radius 2 is 1.72 bits per heavy atom. The number of methoxy groups -OCH3 is 1. The Hall–Kier alpha value is -3.09. The van der Waals surface area contributed by atoms with E-state index < -0.39 is 5.82 Å². The standard InChI is InChI=1S/C22H25FN2O4/c1-28-17-6-8-18(9-7-17)29-15-12-21(26)24-16-10-13-25(14-11-16)22(27)19-4-2-3-5-20(19)23/h2-9,16H,10-15H2,1H3,(H,24,26). The molecule has 0 aliphatic carbocycles. The molecule has 6 nitrogen and oxygen atoms in total. The van der Waals surface area contributed by atoms with Crippen LogP contribution in [0.3, 0.4) is 0 Å². The molecule has 3 rings (SSSR count). The minimum Gasteiger partial charge on any atom is -0.497 e. The molecule has 1 heterocycles. The molecule has 1 aliphatic rings. The van der Waals surface area contributed by atoms with Crippen LogP contribution in [0.15, 0.2) is 48.5 Å². The van der Waals surface area contributed by atoms with Gasteiger partial charge in [0.05, 0.1) is 25.7 Å². The first-order chi connectivity index (χ1) is 14.1. The molecule has 2 aromatic carbocycles. The predicted molar refractivity (Wildman–Crippen MR) is 107 cm³/mol. The van der Waals surface area contributed by atoms with E-state index in [1.807, 2.05) is 0 Å². The molecule has 0 bridgehead atoms. The van der Waals surface area contributed by atoms with E-state index in [1.54, 1.807) is 48.4 Å². The van der Waals surface area contributed by atoms with Gasteiger partial charge in [0.2, 0.25) is 5.91 Å². The van der Waals surface area contributed by atoms with Gasteiger partial charge in [0.1, 0.15) is 17.3 Å². The van der Waals surface area contributed by atoms with Crippen molar-refractivity contribution in [1.29, 1.82) is 0 Å². The van der Waals surface area contributed by atoms with E-state index in [9.17, 15) is 14.0 Å². The molecule has 2 amide bonds. The Bertz CT molecular complexity index is 833. The van der Waals surface area contributed by atoms with Crippen molar-refractivity contribution in [3.8, 4) is 11.5 Å². The Morgan fingerprint density at radius 3 is 2.38 bits per heavy atom. The van der Waals surface area contributed by atoms with Gasteiger partial charge in [0.15, 0.2) is 0 Å². The number of rotatable bonds is 7. The fourth-order valence-corrected chi connectivity index (χ4v) is 3.27. The maximum Gasteiger partial charge on any atom is 0.256 e. The zero-order chi connectivity index (χ0) is 20.6. The van der Waals surface area contributed by atoms with Crippen molar-refractivity contribution >= 4 is 11.8 Å². The summed E-state index contributed by atoms with van der Waals surface area (Å²) in [4.78, 5) is 26.2. The van der Waals surface area contributed by atoms with Gasteiger partial charge in [-0.2, -0.15) is 0 Å². The van der Waals surface area contributed by atoms with Crippen LogP contribution in [0, 0.1) is 5.82 Å². The fraction of sp³-hybridized carbons (Fsp3) is 0.364. The third kappa shape index (κ3) is 5.70. The van der Waals surface area contributed by atoms with Gasteiger partial charge in [-0.1, -0.05) is 12.1 Å². The van der Waals surface area contributed by atoms with Gasteiger partial charge < -0.3 is 19.7 Å². The first-order valence-electron chi connectivity index (χ1n) is 9.67. The second-order valence-corrected chi connectivity index (χ2v) is 6.89. The number of halogens is 1. The molecule has 1 aliphatic heterocycles. The Balaban J connectivity index is 1.38. The average Bonchev–Trinajstić information content (AvgIpc) is 2.74. The molecule has 0 unspecified atom stereocenters. The maximum absolute atomic E-state index is 13.8. The molecule has 0 spiro atoms. The number of ether oxygens (including phenoxy) is 2. The highest BCUT2D eigenvalue weighted by molar-refractivity contribution is 5.94. The van der Waals surface area contributed by atoms with Gasteiger partial charge in [0, 0.05) is 19.1 Å². The van der Waals surface area contributed by atoms with E-state index in [0.29, 0.717) is 31.7 Å². The number of nitrogens with one attached hydrogen (secondary N) is 1. The lowest BCUT2D eigenvalue weighted by atomic mass is 10.0. The maximum atomic E-state index is 13.8. The molecule has 2 aromatic rings. The molecule has 1 saturated heterocycles. The lowest BCUT2D eigenvalue weighted by Gasteiger charge is -2.32. The average molecular weight is 400 g/mol. The molecular weight excluding hydrogens is 375 g/mol. The Morgan fingerprint density at radius 1 is 1.07 bits per heavy atom. The lowest BCUT2D eigenvalue weighted by Crippen LogP contribution is -2.46. The van der Waals surface area contributed by atoms with Crippen LogP contribution in [0.1, 0.15) is 29.6 Å². The van der Waals surface area contributed by atoms with Crippen molar-refractivity contribution in [1.82, 2.24) is 10.2 Å². The number of benzene rings is 2. The first-order valence-corrected chi connectivity index (χ1v) is 9.67. The lowest BCUT2D eigenvalue weighted by molar-refractivity contribution is -0.122. The molecule has 0 saturated carbocycles. The first kappa shape index (κ1) is 20.6. The van der Waals surface area contributed by atoms with E-state index in [0.717, 1.165) is 5.75 Å². The third-order valence-electron chi connectivity index (χ3n) is 4.91. The number of hydrogen-bond acceptors (Lipinski definition) is 4. The van der Waals surface area contributed by atoms with Gasteiger partial charge in [0.25, 0.3) is 5.91 Å². The summed E-state index contributed by atoms with van der Waals surface area (Å²) in [5.41, 5.74) is 0.0886. The van der Waals surface area contributed by atoms with Crippen LogP contribution in [0.5, 0.6) is 11.5 Å². The van der Waals surface area contributed by atoms with E-state index in [1.165, 1.54) is 12.1 Å². The van der Waals surface area contributed by atoms with Crippen LogP contribution in [0.4, 0.5) is 4.39 Å². The highest BCUT2D eigenvalue weighted by Crippen LogP contribution is 2.18. The van der Waals surface area contributed by atoms with Crippen molar-refractivity contribution in [2.45, 2.75) is 25.3 Å². The van der Waals surface area contributed by atoms with Gasteiger partial charge in [-0.25, -0.2) is 4.39 Å². The highest BCUT2D eigenvalue weighted by Gasteiger charge is 2.25. The molecule has 154 valence electrons. The minimum atomic E-state index is -0.509. The summed E-state index contributed by atoms with van der Waals surface area (Å²) in [6.07, 6.45) is 1.54. The Kier molecular flexibility index (Phi) is 7.05. The molecule has 7 heteroatoms. The summed E-state index contributed by atoms with van der Waals surface area (Å²) in [6, 6.07) is 13.2. The molecule has 0 radical (unpaired) electrons. The van der Waals surface area contributed by atoms with E-state index in [-0.39, 0.29) is 36.4 Å². The van der Waals surface area contributed by atoms with Crippen molar-refractivity contribution in [2.24, 2.45) is 0 Å². The number of hydrogen-bond donors (Lipinski definition) is 1. The summed E-state index contributed by atoms with van der Waals surface area (Å²) < 4.78 is 24.5. The van der Waals surface area contributed by atoms with E-state index in [2.05, 4.69) is 5.32 Å². The van der Waals surface area contributed by atoms with Crippen LogP contribution in [0.2, 0.25) is 0 Å². The summed E-state index contributed by atoms with van der Waals surface area (Å²) in [5.74, 6) is 0.524. The third-order valence-corrected chi connectivity index (χ3v) is 4.91. The molecule has 1 N–H and O–H groups in total. The number of amides is 2. The van der Waals surface area contributed by atoms with Crippen LogP contribution < -0.4 is 14.8 Å². The van der Waals surface area contributed by atoms with Crippen molar-refractivity contribution < 1.29 is 23.5 Å². The smallest absolute Gasteiger partial charge is 0.256 e. The molecule has 1 fully saturated rings. The quantitative estimate of drug-likeness (QED) is 0.776. The van der Waals surface area contributed by atoms with Crippen molar-refractivity contribution in [2.75, 3.05) is 26.8 Å². The monoisotopic (exact) mass is 400 g/mol. The zero-order valence-corrected chi connectivity index (χ0v) is 16.4. The molecule has 0 atom stereocenters. The fourth-order valence-electron chi connectivity index (χ4n) is 3.27. The normalized spacial score (nSPS) is 14.3. The van der Waals surface area contributed by atoms with Gasteiger partial charge in [-0.15, -0.1) is 0 Å². The summed E-state index contributed by atoms with van der Waals surface area (Å²) in [6.45, 7) is 1.25. The SMILES string of the molecule is COc1ccc(OCCC(=O)NC2CCN(C(=O)c3ccccc3F)CC2)cc1. The molecular formula is C22H25FN2O4. The Labute approximate surface area is 169 Å².